The predicted molar refractivity (Wildman–Crippen MR) is 108 cm³/mol. The first-order chi connectivity index (χ1) is 11.8. The number of halogens is 1. The van der Waals surface area contributed by atoms with E-state index in [1.54, 1.807) is 0 Å². The minimum Gasteiger partial charge on any atom is -0.396 e. The lowest BCUT2D eigenvalue weighted by molar-refractivity contribution is -0.137. The molecule has 4 aliphatic rings. The van der Waals surface area contributed by atoms with E-state index < -0.39 is 0 Å². The molecule has 26 heavy (non-hydrogen) atoms. The van der Waals surface area contributed by atoms with E-state index in [0.717, 1.165) is 31.1 Å². The Kier molecular flexibility index (Phi) is 5.79. The van der Waals surface area contributed by atoms with Gasteiger partial charge in [0, 0.05) is 12.6 Å². The summed E-state index contributed by atoms with van der Waals surface area (Å²) in [4.78, 5) is 0. The third-order valence-electron chi connectivity index (χ3n) is 9.78. The number of fused-ring (bicyclic) bond motifs is 5. The molecule has 0 amide bonds. The van der Waals surface area contributed by atoms with Crippen molar-refractivity contribution in [3.8, 4) is 0 Å². The SMILES string of the molecule is C[C@H](CO)[C@H]1CC[C@H]2[C@@H]3[C@H](N)C[C@H]4C[C@@H](O)CC[C@]4(C)[C@H]3CC[C@]12C.Cl. The highest BCUT2D eigenvalue weighted by Gasteiger charge is 2.62. The zero-order chi connectivity index (χ0) is 18.0. The minimum atomic E-state index is -0.100. The molecule has 3 nitrogen and oxygen atoms in total. The number of rotatable bonds is 2. The maximum atomic E-state index is 10.2. The molecule has 10 atom stereocenters. The smallest absolute Gasteiger partial charge is 0.0543 e. The van der Waals surface area contributed by atoms with Gasteiger partial charge in [-0.3, -0.25) is 0 Å². The van der Waals surface area contributed by atoms with Crippen molar-refractivity contribution in [2.45, 2.75) is 84.3 Å². The Balaban J connectivity index is 0.00000196. The molecule has 0 heterocycles. The largest absolute Gasteiger partial charge is 0.396 e. The van der Waals surface area contributed by atoms with Crippen molar-refractivity contribution in [2.75, 3.05) is 6.61 Å². The average Bonchev–Trinajstić information content (AvgIpc) is 2.93. The molecule has 0 unspecified atom stereocenters. The van der Waals surface area contributed by atoms with Gasteiger partial charge in [-0.1, -0.05) is 20.8 Å². The van der Waals surface area contributed by atoms with Crippen molar-refractivity contribution in [1.29, 1.82) is 0 Å². The second-order valence-corrected chi connectivity index (χ2v) is 10.7. The molecule has 0 radical (unpaired) electrons. The van der Waals surface area contributed by atoms with E-state index in [4.69, 9.17) is 5.73 Å². The van der Waals surface area contributed by atoms with Crippen molar-refractivity contribution in [1.82, 2.24) is 0 Å². The summed E-state index contributed by atoms with van der Waals surface area (Å²) in [6.45, 7) is 7.61. The first-order valence-corrected chi connectivity index (χ1v) is 10.9. The minimum absolute atomic E-state index is 0. The lowest BCUT2D eigenvalue weighted by Crippen LogP contribution is -2.60. The Morgan fingerprint density at radius 3 is 2.35 bits per heavy atom. The Hall–Kier alpha value is 0.170. The van der Waals surface area contributed by atoms with Crippen molar-refractivity contribution in [2.24, 2.45) is 52.1 Å². The molecule has 4 fully saturated rings. The maximum absolute atomic E-state index is 10.2. The third-order valence-corrected chi connectivity index (χ3v) is 9.78. The molecule has 0 aromatic carbocycles. The monoisotopic (exact) mass is 385 g/mol. The van der Waals surface area contributed by atoms with E-state index in [2.05, 4.69) is 20.8 Å². The van der Waals surface area contributed by atoms with E-state index in [0.29, 0.717) is 47.2 Å². The second kappa shape index (κ2) is 7.21. The van der Waals surface area contributed by atoms with Gasteiger partial charge in [0.15, 0.2) is 0 Å². The van der Waals surface area contributed by atoms with Crippen LogP contribution < -0.4 is 5.73 Å². The molecule has 4 aliphatic carbocycles. The molecule has 4 saturated carbocycles. The summed E-state index contributed by atoms with van der Waals surface area (Å²) in [5, 5.41) is 20.0. The van der Waals surface area contributed by atoms with Gasteiger partial charge in [0.2, 0.25) is 0 Å². The molecular formula is C22H40ClNO2. The summed E-state index contributed by atoms with van der Waals surface area (Å²) in [5.41, 5.74) is 7.60. The van der Waals surface area contributed by atoms with Gasteiger partial charge < -0.3 is 15.9 Å². The third kappa shape index (κ3) is 2.88. The number of nitrogens with two attached hydrogens (primary N) is 1. The fraction of sp³-hybridized carbons (Fsp3) is 1.00. The van der Waals surface area contributed by atoms with Crippen LogP contribution in [0.15, 0.2) is 0 Å². The quantitative estimate of drug-likeness (QED) is 0.673. The van der Waals surface area contributed by atoms with Crippen LogP contribution >= 0.6 is 12.4 Å². The summed E-state index contributed by atoms with van der Waals surface area (Å²) in [6, 6.07) is 0.307. The highest BCUT2D eigenvalue weighted by Crippen LogP contribution is 2.67. The molecule has 4 heteroatoms. The predicted octanol–water partition coefficient (Wildman–Crippen LogP) is 3.99. The van der Waals surface area contributed by atoms with Crippen LogP contribution in [0.25, 0.3) is 0 Å². The van der Waals surface area contributed by atoms with Gasteiger partial charge >= 0.3 is 0 Å². The van der Waals surface area contributed by atoms with Crippen molar-refractivity contribution in [3.05, 3.63) is 0 Å². The van der Waals surface area contributed by atoms with Gasteiger partial charge in [0.1, 0.15) is 0 Å². The van der Waals surface area contributed by atoms with E-state index in [1.165, 1.54) is 32.1 Å². The molecular weight excluding hydrogens is 346 g/mol. The van der Waals surface area contributed by atoms with Gasteiger partial charge in [-0.2, -0.15) is 0 Å². The lowest BCUT2D eigenvalue weighted by Gasteiger charge is -2.62. The fourth-order valence-corrected chi connectivity index (χ4v) is 8.40. The second-order valence-electron chi connectivity index (χ2n) is 10.7. The van der Waals surface area contributed by atoms with E-state index in [-0.39, 0.29) is 18.5 Å². The van der Waals surface area contributed by atoms with Gasteiger partial charge in [-0.25, -0.2) is 0 Å². The summed E-state index contributed by atoms with van der Waals surface area (Å²) >= 11 is 0. The van der Waals surface area contributed by atoms with E-state index >= 15 is 0 Å². The lowest BCUT2D eigenvalue weighted by atomic mass is 9.43. The Bertz CT molecular complexity index is 516. The average molecular weight is 386 g/mol. The molecule has 0 bridgehead atoms. The summed E-state index contributed by atoms with van der Waals surface area (Å²) in [6.07, 6.45) is 9.36. The van der Waals surface area contributed by atoms with E-state index in [1.807, 2.05) is 0 Å². The highest BCUT2D eigenvalue weighted by molar-refractivity contribution is 5.85. The first-order valence-electron chi connectivity index (χ1n) is 10.9. The molecule has 152 valence electrons. The van der Waals surface area contributed by atoms with Gasteiger partial charge in [-0.15, -0.1) is 12.4 Å². The molecule has 4 N–H and O–H groups in total. The Morgan fingerprint density at radius 1 is 1.00 bits per heavy atom. The Labute approximate surface area is 165 Å². The number of hydrogen-bond donors (Lipinski definition) is 3. The van der Waals surface area contributed by atoms with Crippen molar-refractivity contribution in [3.63, 3.8) is 0 Å². The van der Waals surface area contributed by atoms with Gasteiger partial charge in [0.25, 0.3) is 0 Å². The highest BCUT2D eigenvalue weighted by atomic mass is 35.5. The van der Waals surface area contributed by atoms with Crippen molar-refractivity contribution < 1.29 is 10.2 Å². The molecule has 0 aliphatic heterocycles. The summed E-state index contributed by atoms with van der Waals surface area (Å²) in [5.74, 6) is 3.84. The maximum Gasteiger partial charge on any atom is 0.0543 e. The molecule has 0 aromatic rings. The zero-order valence-electron chi connectivity index (χ0n) is 16.9. The number of aliphatic hydroxyl groups is 2. The van der Waals surface area contributed by atoms with Crippen LogP contribution in [0.2, 0.25) is 0 Å². The van der Waals surface area contributed by atoms with Crippen LogP contribution in [0.3, 0.4) is 0 Å². The molecule has 0 saturated heterocycles. The topological polar surface area (TPSA) is 66.5 Å². The van der Waals surface area contributed by atoms with Crippen LogP contribution in [-0.2, 0) is 0 Å². The zero-order valence-corrected chi connectivity index (χ0v) is 17.7. The Morgan fingerprint density at radius 2 is 1.65 bits per heavy atom. The fourth-order valence-electron chi connectivity index (χ4n) is 8.40. The van der Waals surface area contributed by atoms with Crippen LogP contribution in [0, 0.1) is 46.3 Å². The van der Waals surface area contributed by atoms with Gasteiger partial charge in [0.05, 0.1) is 6.10 Å². The van der Waals surface area contributed by atoms with Crippen LogP contribution in [0.4, 0.5) is 0 Å². The summed E-state index contributed by atoms with van der Waals surface area (Å²) < 4.78 is 0. The number of aliphatic hydroxyl groups excluding tert-OH is 2. The standard InChI is InChI=1S/C22H39NO2.ClH/c1-13(12-24)16-4-5-17-20-18(7-9-22(16,17)3)21(2)8-6-15(25)10-14(21)11-19(20)23;/h13-20,24-25H,4-12,23H2,1-3H3;1H/t13-,14-,15+,16-,17+,18+,19-,20+,21+,22-;/m1./s1. The van der Waals surface area contributed by atoms with E-state index in [9.17, 15) is 10.2 Å². The summed E-state index contributed by atoms with van der Waals surface area (Å²) in [7, 11) is 0. The van der Waals surface area contributed by atoms with Gasteiger partial charge in [-0.05, 0) is 97.7 Å². The number of hydrogen-bond acceptors (Lipinski definition) is 3. The molecule has 0 aromatic heterocycles. The van der Waals surface area contributed by atoms with Crippen LogP contribution in [-0.4, -0.2) is 29.0 Å². The van der Waals surface area contributed by atoms with Crippen molar-refractivity contribution >= 4 is 12.4 Å². The van der Waals surface area contributed by atoms with Crippen LogP contribution in [0.1, 0.15) is 72.1 Å². The van der Waals surface area contributed by atoms with Crippen LogP contribution in [0.5, 0.6) is 0 Å². The first kappa shape index (κ1) is 20.9. The normalized spacial score (nSPS) is 54.5. The molecule has 0 spiro atoms. The molecule has 4 rings (SSSR count).